The van der Waals surface area contributed by atoms with Gasteiger partial charge in [0.15, 0.2) is 0 Å². The largest absolute Gasteiger partial charge is 0.304 e. The van der Waals surface area contributed by atoms with Gasteiger partial charge in [-0.2, -0.15) is 0 Å². The molecule has 0 amide bonds. The Hall–Kier alpha value is -1.20. The summed E-state index contributed by atoms with van der Waals surface area (Å²) in [5.41, 5.74) is 0.973. The van der Waals surface area contributed by atoms with Gasteiger partial charge in [-0.1, -0.05) is 11.3 Å². The van der Waals surface area contributed by atoms with Gasteiger partial charge in [0.2, 0.25) is 0 Å². The average Bonchev–Trinajstić information content (AvgIpc) is 2.84. The Morgan fingerprint density at radius 1 is 1.60 bits per heavy atom. The van der Waals surface area contributed by atoms with Gasteiger partial charge in [-0.15, -0.1) is 16.4 Å². The SMILES string of the molecule is C[C@H](NCc1cn(C)nn1)c1cccs1. The van der Waals surface area contributed by atoms with E-state index in [0.717, 1.165) is 12.2 Å². The minimum absolute atomic E-state index is 0.368. The summed E-state index contributed by atoms with van der Waals surface area (Å²) in [5.74, 6) is 0. The highest BCUT2D eigenvalue weighted by molar-refractivity contribution is 7.10. The number of rotatable bonds is 4. The van der Waals surface area contributed by atoms with Crippen LogP contribution in [0.1, 0.15) is 23.5 Å². The normalized spacial score (nSPS) is 12.9. The Morgan fingerprint density at radius 2 is 2.47 bits per heavy atom. The topological polar surface area (TPSA) is 42.7 Å². The number of nitrogens with one attached hydrogen (secondary N) is 1. The standard InChI is InChI=1S/C10H14N4S/c1-8(10-4-3-5-15-10)11-6-9-7-14(2)13-12-9/h3-5,7-8,11H,6H2,1-2H3/t8-/m0/s1. The van der Waals surface area contributed by atoms with Crippen molar-refractivity contribution < 1.29 is 0 Å². The van der Waals surface area contributed by atoms with Crippen molar-refractivity contribution in [1.82, 2.24) is 20.3 Å². The molecule has 4 nitrogen and oxygen atoms in total. The second-order valence-corrected chi connectivity index (χ2v) is 4.48. The van der Waals surface area contributed by atoms with E-state index in [4.69, 9.17) is 0 Å². The summed E-state index contributed by atoms with van der Waals surface area (Å²) in [6.45, 7) is 2.91. The van der Waals surface area contributed by atoms with Crippen LogP contribution in [0.15, 0.2) is 23.7 Å². The first-order valence-corrected chi connectivity index (χ1v) is 5.75. The maximum Gasteiger partial charge on any atom is 0.0964 e. The predicted molar refractivity (Wildman–Crippen MR) is 60.6 cm³/mol. The first kappa shape index (κ1) is 10.3. The van der Waals surface area contributed by atoms with Crippen LogP contribution in [-0.4, -0.2) is 15.0 Å². The van der Waals surface area contributed by atoms with E-state index in [2.05, 4.69) is 40.1 Å². The molecule has 0 bridgehead atoms. The monoisotopic (exact) mass is 222 g/mol. The van der Waals surface area contributed by atoms with E-state index in [1.54, 1.807) is 16.0 Å². The fourth-order valence-corrected chi connectivity index (χ4v) is 2.13. The van der Waals surface area contributed by atoms with Crippen molar-refractivity contribution in [1.29, 1.82) is 0 Å². The minimum atomic E-state index is 0.368. The van der Waals surface area contributed by atoms with Crippen molar-refractivity contribution in [2.24, 2.45) is 7.05 Å². The number of hydrogen-bond acceptors (Lipinski definition) is 4. The van der Waals surface area contributed by atoms with Crippen LogP contribution >= 0.6 is 11.3 Å². The molecular weight excluding hydrogens is 208 g/mol. The molecule has 15 heavy (non-hydrogen) atoms. The van der Waals surface area contributed by atoms with Crippen LogP contribution in [0.5, 0.6) is 0 Å². The summed E-state index contributed by atoms with van der Waals surface area (Å²) in [6.07, 6.45) is 1.92. The molecule has 0 aliphatic carbocycles. The molecule has 2 heterocycles. The zero-order chi connectivity index (χ0) is 10.7. The van der Waals surface area contributed by atoms with Crippen LogP contribution in [0.25, 0.3) is 0 Å². The van der Waals surface area contributed by atoms with Gasteiger partial charge in [0.05, 0.1) is 5.69 Å². The Labute approximate surface area is 92.9 Å². The fourth-order valence-electron chi connectivity index (χ4n) is 1.37. The van der Waals surface area contributed by atoms with Gasteiger partial charge in [-0.3, -0.25) is 4.68 Å². The Morgan fingerprint density at radius 3 is 3.07 bits per heavy atom. The van der Waals surface area contributed by atoms with E-state index < -0.39 is 0 Å². The summed E-state index contributed by atoms with van der Waals surface area (Å²) in [4.78, 5) is 1.35. The van der Waals surface area contributed by atoms with Crippen molar-refractivity contribution >= 4 is 11.3 Å². The quantitative estimate of drug-likeness (QED) is 0.856. The smallest absolute Gasteiger partial charge is 0.0964 e. The first-order chi connectivity index (χ1) is 7.25. The number of aryl methyl sites for hydroxylation is 1. The van der Waals surface area contributed by atoms with E-state index in [0.29, 0.717) is 6.04 Å². The Kier molecular flexibility index (Phi) is 3.13. The summed E-state index contributed by atoms with van der Waals surface area (Å²) >= 11 is 1.77. The van der Waals surface area contributed by atoms with Gasteiger partial charge in [0.1, 0.15) is 0 Å². The molecule has 0 aromatic carbocycles. The van der Waals surface area contributed by atoms with Gasteiger partial charge >= 0.3 is 0 Å². The van der Waals surface area contributed by atoms with Crippen molar-refractivity contribution in [2.75, 3.05) is 0 Å². The zero-order valence-corrected chi connectivity index (χ0v) is 9.66. The van der Waals surface area contributed by atoms with Crippen molar-refractivity contribution in [3.05, 3.63) is 34.3 Å². The minimum Gasteiger partial charge on any atom is -0.304 e. The van der Waals surface area contributed by atoms with Crippen LogP contribution in [0.2, 0.25) is 0 Å². The van der Waals surface area contributed by atoms with Gasteiger partial charge in [0.25, 0.3) is 0 Å². The average molecular weight is 222 g/mol. The third-order valence-electron chi connectivity index (χ3n) is 2.21. The van der Waals surface area contributed by atoms with Gasteiger partial charge in [-0.05, 0) is 18.4 Å². The molecule has 2 rings (SSSR count). The molecule has 0 fully saturated rings. The summed E-state index contributed by atoms with van der Waals surface area (Å²) in [7, 11) is 1.87. The molecule has 0 spiro atoms. The first-order valence-electron chi connectivity index (χ1n) is 4.87. The third-order valence-corrected chi connectivity index (χ3v) is 3.26. The highest BCUT2D eigenvalue weighted by atomic mass is 32.1. The van der Waals surface area contributed by atoms with Crippen molar-refractivity contribution in [3.63, 3.8) is 0 Å². The molecule has 1 N–H and O–H groups in total. The molecule has 0 aliphatic rings. The van der Waals surface area contributed by atoms with Crippen LogP contribution in [-0.2, 0) is 13.6 Å². The number of hydrogen-bond donors (Lipinski definition) is 1. The van der Waals surface area contributed by atoms with Gasteiger partial charge in [0, 0.05) is 30.7 Å². The van der Waals surface area contributed by atoms with Gasteiger partial charge < -0.3 is 5.32 Å². The molecule has 0 saturated heterocycles. The highest BCUT2D eigenvalue weighted by Crippen LogP contribution is 2.18. The maximum atomic E-state index is 4.02. The fraction of sp³-hybridized carbons (Fsp3) is 0.400. The molecule has 0 aliphatic heterocycles. The van der Waals surface area contributed by atoms with E-state index in [1.165, 1.54) is 4.88 Å². The number of thiophene rings is 1. The van der Waals surface area contributed by atoms with E-state index >= 15 is 0 Å². The zero-order valence-electron chi connectivity index (χ0n) is 8.84. The van der Waals surface area contributed by atoms with Crippen LogP contribution in [0.3, 0.4) is 0 Å². The third kappa shape index (κ3) is 2.64. The molecular formula is C10H14N4S. The molecule has 5 heteroatoms. The van der Waals surface area contributed by atoms with Crippen LogP contribution < -0.4 is 5.32 Å². The lowest BCUT2D eigenvalue weighted by atomic mass is 10.2. The van der Waals surface area contributed by atoms with E-state index in [9.17, 15) is 0 Å². The van der Waals surface area contributed by atoms with E-state index in [1.807, 2.05) is 13.2 Å². The van der Waals surface area contributed by atoms with Crippen LogP contribution in [0.4, 0.5) is 0 Å². The van der Waals surface area contributed by atoms with E-state index in [-0.39, 0.29) is 0 Å². The lowest BCUT2D eigenvalue weighted by molar-refractivity contribution is 0.574. The molecule has 1 atom stereocenters. The Bertz CT molecular complexity index is 407. The maximum absolute atomic E-state index is 4.02. The second-order valence-electron chi connectivity index (χ2n) is 3.50. The highest BCUT2D eigenvalue weighted by Gasteiger charge is 2.06. The number of nitrogens with zero attached hydrogens (tertiary/aromatic N) is 3. The molecule has 0 unspecified atom stereocenters. The summed E-state index contributed by atoms with van der Waals surface area (Å²) in [5, 5.41) is 13.4. The van der Waals surface area contributed by atoms with Crippen molar-refractivity contribution in [2.45, 2.75) is 19.5 Å². The lowest BCUT2D eigenvalue weighted by Gasteiger charge is -2.09. The summed E-state index contributed by atoms with van der Waals surface area (Å²) in [6, 6.07) is 4.58. The van der Waals surface area contributed by atoms with Gasteiger partial charge in [-0.25, -0.2) is 0 Å². The Balaban J connectivity index is 1.88. The number of aromatic nitrogens is 3. The summed E-state index contributed by atoms with van der Waals surface area (Å²) < 4.78 is 1.72. The molecule has 2 aromatic rings. The lowest BCUT2D eigenvalue weighted by Crippen LogP contribution is -2.17. The molecule has 80 valence electrons. The predicted octanol–water partition coefficient (Wildman–Crippen LogP) is 1.73. The van der Waals surface area contributed by atoms with Crippen molar-refractivity contribution in [3.8, 4) is 0 Å². The molecule has 0 saturated carbocycles. The second kappa shape index (κ2) is 4.55. The molecule has 2 aromatic heterocycles. The van der Waals surface area contributed by atoms with Crippen LogP contribution in [0, 0.1) is 0 Å². The molecule has 0 radical (unpaired) electrons.